The van der Waals surface area contributed by atoms with Crippen molar-refractivity contribution in [2.24, 2.45) is 4.99 Å². The number of nitriles is 1. The molecule has 2 aromatic carbocycles. The monoisotopic (exact) mass is 336 g/mol. The van der Waals surface area contributed by atoms with Crippen molar-refractivity contribution in [2.45, 2.75) is 13.8 Å². The zero-order valence-electron chi connectivity index (χ0n) is 13.6. The van der Waals surface area contributed by atoms with Crippen LogP contribution in [-0.4, -0.2) is 16.4 Å². The summed E-state index contributed by atoms with van der Waals surface area (Å²) in [6.07, 6.45) is 3.75. The first-order valence-corrected chi connectivity index (χ1v) is 8.60. The molecular weight excluding hydrogens is 320 g/mol. The number of fused-ring (bicyclic) bond motifs is 1. The SMILES string of the molecule is CSC(=Nc1cc(C)c2oc(-c3ccccc3C)nc2c1)NC#N. The van der Waals surface area contributed by atoms with E-state index in [1.165, 1.54) is 11.8 Å². The number of nitrogens with one attached hydrogen (secondary N) is 1. The molecule has 1 heterocycles. The lowest BCUT2D eigenvalue weighted by Crippen LogP contribution is -2.12. The number of aliphatic imine (C=N–C) groups is 1. The lowest BCUT2D eigenvalue weighted by Gasteiger charge is -2.01. The number of hydrogen-bond acceptors (Lipinski definition) is 5. The normalized spacial score (nSPS) is 11.5. The average Bonchev–Trinajstić information content (AvgIpc) is 2.99. The summed E-state index contributed by atoms with van der Waals surface area (Å²) in [5.41, 5.74) is 5.29. The molecule has 3 rings (SSSR count). The van der Waals surface area contributed by atoms with Gasteiger partial charge in [-0.3, -0.25) is 5.32 Å². The lowest BCUT2D eigenvalue weighted by atomic mass is 10.1. The molecule has 0 saturated heterocycles. The van der Waals surface area contributed by atoms with E-state index in [-0.39, 0.29) is 0 Å². The van der Waals surface area contributed by atoms with Crippen LogP contribution in [0, 0.1) is 25.3 Å². The third-order valence-electron chi connectivity index (χ3n) is 3.62. The average molecular weight is 336 g/mol. The number of amidine groups is 1. The van der Waals surface area contributed by atoms with Gasteiger partial charge in [0, 0.05) is 5.56 Å². The quantitative estimate of drug-likeness (QED) is 0.322. The van der Waals surface area contributed by atoms with Gasteiger partial charge in [0.15, 0.2) is 16.9 Å². The molecule has 3 aromatic rings. The maximum atomic E-state index is 8.74. The fraction of sp³-hybridized carbons (Fsp3) is 0.167. The molecule has 1 N–H and O–H groups in total. The molecule has 0 fully saturated rings. The number of aryl methyl sites for hydroxylation is 2. The van der Waals surface area contributed by atoms with Gasteiger partial charge in [-0.1, -0.05) is 30.0 Å². The van der Waals surface area contributed by atoms with Crippen molar-refractivity contribution in [3.05, 3.63) is 47.5 Å². The van der Waals surface area contributed by atoms with E-state index in [4.69, 9.17) is 9.68 Å². The predicted molar refractivity (Wildman–Crippen MR) is 98.3 cm³/mol. The highest BCUT2D eigenvalue weighted by atomic mass is 32.2. The molecule has 0 saturated carbocycles. The van der Waals surface area contributed by atoms with Gasteiger partial charge in [0.05, 0.1) is 5.69 Å². The highest BCUT2D eigenvalue weighted by Crippen LogP contribution is 2.31. The van der Waals surface area contributed by atoms with Crippen LogP contribution in [0.1, 0.15) is 11.1 Å². The molecular formula is C18H16N4OS. The van der Waals surface area contributed by atoms with Gasteiger partial charge >= 0.3 is 0 Å². The molecule has 0 aliphatic heterocycles. The summed E-state index contributed by atoms with van der Waals surface area (Å²) in [6, 6.07) is 11.8. The molecule has 0 bridgehead atoms. The maximum Gasteiger partial charge on any atom is 0.227 e. The van der Waals surface area contributed by atoms with E-state index in [0.29, 0.717) is 11.1 Å². The maximum absolute atomic E-state index is 8.74. The Morgan fingerprint density at radius 2 is 2.04 bits per heavy atom. The predicted octanol–water partition coefficient (Wildman–Crippen LogP) is 4.53. The van der Waals surface area contributed by atoms with Gasteiger partial charge in [0.25, 0.3) is 0 Å². The van der Waals surface area contributed by atoms with Gasteiger partial charge in [-0.15, -0.1) is 0 Å². The second-order valence-electron chi connectivity index (χ2n) is 5.30. The minimum atomic E-state index is 0.541. The lowest BCUT2D eigenvalue weighted by molar-refractivity contribution is 0.617. The van der Waals surface area contributed by atoms with Gasteiger partial charge in [-0.2, -0.15) is 5.26 Å². The van der Waals surface area contributed by atoms with Gasteiger partial charge < -0.3 is 4.42 Å². The largest absolute Gasteiger partial charge is 0.436 e. The van der Waals surface area contributed by atoms with Crippen molar-refractivity contribution < 1.29 is 4.42 Å². The van der Waals surface area contributed by atoms with Crippen LogP contribution in [0.2, 0.25) is 0 Å². The molecule has 120 valence electrons. The fourth-order valence-electron chi connectivity index (χ4n) is 2.46. The first-order valence-electron chi connectivity index (χ1n) is 7.37. The van der Waals surface area contributed by atoms with E-state index in [2.05, 4.69) is 15.3 Å². The Kier molecular flexibility index (Phi) is 4.54. The van der Waals surface area contributed by atoms with Crippen LogP contribution < -0.4 is 5.32 Å². The molecule has 0 atom stereocenters. The van der Waals surface area contributed by atoms with Gasteiger partial charge in [0.1, 0.15) is 5.52 Å². The Hall–Kier alpha value is -2.78. The van der Waals surface area contributed by atoms with Crippen LogP contribution >= 0.6 is 11.8 Å². The third-order valence-corrected chi connectivity index (χ3v) is 4.20. The Labute approximate surface area is 144 Å². The second-order valence-corrected chi connectivity index (χ2v) is 6.10. The first-order chi connectivity index (χ1) is 11.6. The summed E-state index contributed by atoms with van der Waals surface area (Å²) in [6.45, 7) is 4.00. The molecule has 5 nitrogen and oxygen atoms in total. The molecule has 0 radical (unpaired) electrons. The second kappa shape index (κ2) is 6.77. The highest BCUT2D eigenvalue weighted by molar-refractivity contribution is 8.13. The van der Waals surface area contributed by atoms with E-state index in [9.17, 15) is 0 Å². The molecule has 24 heavy (non-hydrogen) atoms. The zero-order chi connectivity index (χ0) is 17.1. The number of benzene rings is 2. The Morgan fingerprint density at radius 1 is 1.25 bits per heavy atom. The van der Waals surface area contributed by atoms with E-state index in [1.807, 2.05) is 62.7 Å². The van der Waals surface area contributed by atoms with Crippen molar-refractivity contribution in [3.8, 4) is 17.6 Å². The van der Waals surface area contributed by atoms with Crippen LogP contribution in [0.15, 0.2) is 45.8 Å². The fourth-order valence-corrected chi connectivity index (χ4v) is 2.81. The number of rotatable bonds is 2. The summed E-state index contributed by atoms with van der Waals surface area (Å²) in [5.74, 6) is 0.604. The van der Waals surface area contributed by atoms with Crippen molar-refractivity contribution in [2.75, 3.05) is 6.26 Å². The summed E-state index contributed by atoms with van der Waals surface area (Å²) in [7, 11) is 0. The van der Waals surface area contributed by atoms with Crippen LogP contribution in [0.25, 0.3) is 22.6 Å². The Morgan fingerprint density at radius 3 is 2.75 bits per heavy atom. The number of thioether (sulfide) groups is 1. The van der Waals surface area contributed by atoms with Crippen molar-refractivity contribution in [1.82, 2.24) is 10.3 Å². The summed E-state index contributed by atoms with van der Waals surface area (Å²) in [5, 5.41) is 11.8. The summed E-state index contributed by atoms with van der Waals surface area (Å²) < 4.78 is 5.97. The van der Waals surface area contributed by atoms with Crippen LogP contribution in [0.4, 0.5) is 5.69 Å². The summed E-state index contributed by atoms with van der Waals surface area (Å²) in [4.78, 5) is 9.06. The topological polar surface area (TPSA) is 74.2 Å². The Bertz CT molecular complexity index is 969. The minimum Gasteiger partial charge on any atom is -0.436 e. The molecule has 0 aliphatic carbocycles. The first kappa shape index (κ1) is 16.1. The van der Waals surface area contributed by atoms with E-state index >= 15 is 0 Å². The van der Waals surface area contributed by atoms with Gasteiger partial charge in [-0.25, -0.2) is 9.98 Å². The van der Waals surface area contributed by atoms with Crippen LogP contribution in [0.5, 0.6) is 0 Å². The number of nitrogens with zero attached hydrogens (tertiary/aromatic N) is 3. The highest BCUT2D eigenvalue weighted by Gasteiger charge is 2.13. The van der Waals surface area contributed by atoms with Gasteiger partial charge in [-0.05, 0) is 49.4 Å². The van der Waals surface area contributed by atoms with Crippen molar-refractivity contribution >= 4 is 33.7 Å². The number of hydrogen-bond donors (Lipinski definition) is 1. The minimum absolute atomic E-state index is 0.541. The molecule has 6 heteroatoms. The molecule has 0 amide bonds. The van der Waals surface area contributed by atoms with E-state index in [0.717, 1.165) is 33.5 Å². The van der Waals surface area contributed by atoms with Crippen LogP contribution in [0.3, 0.4) is 0 Å². The number of oxazole rings is 1. The summed E-state index contributed by atoms with van der Waals surface area (Å²) >= 11 is 1.38. The Balaban J connectivity index is 2.10. The smallest absolute Gasteiger partial charge is 0.227 e. The standard InChI is InChI=1S/C18H16N4OS/c1-11-6-4-5-7-14(11)17-22-15-9-13(8-12(2)16(15)23-17)21-18(24-3)20-10-19/h4-9H,1-3H3,(H,20,21). The van der Waals surface area contributed by atoms with E-state index in [1.54, 1.807) is 0 Å². The third kappa shape index (κ3) is 3.12. The molecule has 0 unspecified atom stereocenters. The van der Waals surface area contributed by atoms with E-state index < -0.39 is 0 Å². The molecule has 0 aliphatic rings. The van der Waals surface area contributed by atoms with Gasteiger partial charge in [0.2, 0.25) is 5.89 Å². The van der Waals surface area contributed by atoms with Crippen LogP contribution in [-0.2, 0) is 0 Å². The van der Waals surface area contributed by atoms with Crippen molar-refractivity contribution in [3.63, 3.8) is 0 Å². The van der Waals surface area contributed by atoms with Crippen molar-refractivity contribution in [1.29, 1.82) is 5.26 Å². The number of aromatic nitrogens is 1. The molecule has 1 aromatic heterocycles. The zero-order valence-corrected chi connectivity index (χ0v) is 14.4. The molecule has 0 spiro atoms.